The van der Waals surface area contributed by atoms with Gasteiger partial charge in [0.15, 0.2) is 11.6 Å². The van der Waals surface area contributed by atoms with E-state index in [2.05, 4.69) is 21.3 Å². The number of aliphatic hydroxyl groups excluding tert-OH is 1. The Morgan fingerprint density at radius 3 is 2.63 bits per heavy atom. The van der Waals surface area contributed by atoms with Crippen LogP contribution in [0.5, 0.6) is 5.75 Å². The summed E-state index contributed by atoms with van der Waals surface area (Å²) in [6.07, 6.45) is -3.22. The number of rotatable bonds is 7. The molecular formula is C17H20F4N4O2. The molecule has 2 rings (SSSR count). The van der Waals surface area contributed by atoms with Gasteiger partial charge in [-0.2, -0.15) is 0 Å². The molecular weight excluding hydrogens is 368 g/mol. The molecule has 2 aromatic heterocycles. The molecule has 3 N–H and O–H groups in total. The van der Waals surface area contributed by atoms with Crippen LogP contribution in [0.25, 0.3) is 17.0 Å². The highest BCUT2D eigenvalue weighted by Gasteiger charge is 2.32. The predicted molar refractivity (Wildman–Crippen MR) is 92.3 cm³/mol. The molecule has 0 amide bonds. The molecule has 27 heavy (non-hydrogen) atoms. The first kappa shape index (κ1) is 20.7. The number of aromatic nitrogens is 3. The van der Waals surface area contributed by atoms with Crippen LogP contribution in [0.3, 0.4) is 0 Å². The highest BCUT2D eigenvalue weighted by molar-refractivity contribution is 5.65. The Morgan fingerprint density at radius 1 is 1.41 bits per heavy atom. The Kier molecular flexibility index (Phi) is 6.09. The van der Waals surface area contributed by atoms with E-state index in [1.165, 1.54) is 17.0 Å². The van der Waals surface area contributed by atoms with Crippen molar-refractivity contribution in [3.8, 4) is 17.0 Å². The third kappa shape index (κ3) is 4.97. The van der Waals surface area contributed by atoms with Gasteiger partial charge in [-0.25, -0.2) is 9.97 Å². The van der Waals surface area contributed by atoms with E-state index in [0.717, 1.165) is 6.07 Å². The molecule has 2 aromatic rings. The summed E-state index contributed by atoms with van der Waals surface area (Å²) in [5, 5.41) is 10.4. The van der Waals surface area contributed by atoms with Crippen molar-refractivity contribution in [3.63, 3.8) is 0 Å². The maximum atomic E-state index is 12.7. The van der Waals surface area contributed by atoms with E-state index in [9.17, 15) is 22.7 Å². The van der Waals surface area contributed by atoms with E-state index in [-0.39, 0.29) is 29.4 Å². The number of halogens is 4. The number of nitrogens with zero attached hydrogens (tertiary/aromatic N) is 3. The lowest BCUT2D eigenvalue weighted by Crippen LogP contribution is -2.18. The quantitative estimate of drug-likeness (QED) is 0.702. The Hall–Kier alpha value is -2.62. The monoisotopic (exact) mass is 388 g/mol. The molecule has 10 heteroatoms. The fourth-order valence-corrected chi connectivity index (χ4v) is 2.32. The van der Waals surface area contributed by atoms with Crippen molar-refractivity contribution in [2.45, 2.75) is 32.7 Å². The lowest BCUT2D eigenvalue weighted by atomic mass is 10.1. The van der Waals surface area contributed by atoms with E-state index >= 15 is 0 Å². The Labute approximate surface area is 153 Å². The summed E-state index contributed by atoms with van der Waals surface area (Å²) in [6.45, 7) is 6.64. The first-order valence-electron chi connectivity index (χ1n) is 8.06. The second-order valence-corrected chi connectivity index (χ2v) is 6.20. The zero-order valence-electron chi connectivity index (χ0n) is 14.8. The van der Waals surface area contributed by atoms with E-state index in [0.29, 0.717) is 5.70 Å². The highest BCUT2D eigenvalue weighted by atomic mass is 19.4. The normalized spacial score (nSPS) is 13.0. The van der Waals surface area contributed by atoms with Crippen LogP contribution in [-0.2, 0) is 0 Å². The van der Waals surface area contributed by atoms with Crippen LogP contribution >= 0.6 is 0 Å². The molecule has 0 aliphatic rings. The van der Waals surface area contributed by atoms with Gasteiger partial charge in [0, 0.05) is 30.1 Å². The first-order valence-corrected chi connectivity index (χ1v) is 8.06. The van der Waals surface area contributed by atoms with Crippen LogP contribution in [0.15, 0.2) is 25.0 Å². The van der Waals surface area contributed by atoms with Crippen molar-refractivity contribution < 1.29 is 27.4 Å². The van der Waals surface area contributed by atoms with E-state index in [1.807, 2.05) is 0 Å². The number of alkyl halides is 4. The summed E-state index contributed by atoms with van der Waals surface area (Å²) in [7, 11) is 0. The third-order valence-electron chi connectivity index (χ3n) is 3.76. The van der Waals surface area contributed by atoms with E-state index in [1.54, 1.807) is 13.8 Å². The minimum atomic E-state index is -4.93. The number of nitrogens with two attached hydrogens (primary N) is 1. The van der Waals surface area contributed by atoms with E-state index in [4.69, 9.17) is 5.73 Å². The predicted octanol–water partition coefficient (Wildman–Crippen LogP) is 3.95. The second kappa shape index (κ2) is 7.95. The summed E-state index contributed by atoms with van der Waals surface area (Å²) in [6, 6.07) is 1.05. The molecule has 0 spiro atoms. The molecule has 0 fully saturated rings. The molecule has 0 saturated carbocycles. The number of ether oxygens (including phenoxy) is 1. The van der Waals surface area contributed by atoms with Gasteiger partial charge in [0.2, 0.25) is 0 Å². The number of imidazole rings is 1. The number of allylic oxidation sites excluding steroid dienone is 1. The fourth-order valence-electron chi connectivity index (χ4n) is 2.32. The fraction of sp³-hybridized carbons (Fsp3) is 0.412. The maximum Gasteiger partial charge on any atom is 0.573 e. The maximum absolute atomic E-state index is 12.7. The summed E-state index contributed by atoms with van der Waals surface area (Å²) in [5.41, 5.74) is 6.18. The van der Waals surface area contributed by atoms with Crippen LogP contribution in [0.4, 0.5) is 23.4 Å². The van der Waals surface area contributed by atoms with Crippen LogP contribution in [0, 0.1) is 5.92 Å². The second-order valence-electron chi connectivity index (χ2n) is 6.20. The van der Waals surface area contributed by atoms with Gasteiger partial charge < -0.3 is 20.1 Å². The van der Waals surface area contributed by atoms with Crippen LogP contribution < -0.4 is 10.5 Å². The van der Waals surface area contributed by atoms with Gasteiger partial charge in [0.25, 0.3) is 0 Å². The zero-order valence-corrected chi connectivity index (χ0v) is 14.8. The van der Waals surface area contributed by atoms with E-state index < -0.39 is 30.7 Å². The van der Waals surface area contributed by atoms with Crippen molar-refractivity contribution in [1.82, 2.24) is 14.5 Å². The number of pyridine rings is 1. The molecule has 1 unspecified atom stereocenters. The number of anilines is 1. The Bertz CT molecular complexity index is 818. The smallest absolute Gasteiger partial charge is 0.402 e. The highest BCUT2D eigenvalue weighted by Crippen LogP contribution is 2.33. The SMILES string of the molecule is C=C(CCF)n1cc(-c2cnc(N)c(OC(F)(F)F)c2)nc1C(O)C(C)C. The number of hydrogen-bond acceptors (Lipinski definition) is 5. The number of nitrogen functional groups attached to an aromatic ring is 1. The zero-order chi connectivity index (χ0) is 20.4. The standard InChI is InChI=1S/C17H20F4N4O2/c1-9(2)14(26)16-24-12(8-25(16)10(3)4-5-18)11-6-13(15(22)23-7-11)27-17(19,20)21/h6-9,14,26H,3-5H2,1-2H3,(H2,22,23). The molecule has 0 saturated heterocycles. The largest absolute Gasteiger partial charge is 0.573 e. The molecule has 6 nitrogen and oxygen atoms in total. The molecule has 0 radical (unpaired) electrons. The van der Waals surface area contributed by atoms with Gasteiger partial charge in [0.1, 0.15) is 11.9 Å². The lowest BCUT2D eigenvalue weighted by Gasteiger charge is -2.16. The first-order chi connectivity index (χ1) is 12.5. The number of aliphatic hydroxyl groups is 1. The summed E-state index contributed by atoms with van der Waals surface area (Å²) in [5.74, 6) is -1.10. The minimum Gasteiger partial charge on any atom is -0.402 e. The van der Waals surface area contributed by atoms with Crippen molar-refractivity contribution in [2.75, 3.05) is 12.4 Å². The van der Waals surface area contributed by atoms with Crippen LogP contribution in [0.2, 0.25) is 0 Å². The number of hydrogen-bond donors (Lipinski definition) is 2. The van der Waals surface area contributed by atoms with Gasteiger partial charge in [-0.1, -0.05) is 20.4 Å². The van der Waals surface area contributed by atoms with Crippen molar-refractivity contribution >= 4 is 11.5 Å². The summed E-state index contributed by atoms with van der Waals surface area (Å²) in [4.78, 5) is 7.98. The van der Waals surface area contributed by atoms with Crippen molar-refractivity contribution in [2.24, 2.45) is 5.92 Å². The Balaban J connectivity index is 2.51. The summed E-state index contributed by atoms with van der Waals surface area (Å²) >= 11 is 0. The topological polar surface area (TPSA) is 86.2 Å². The molecule has 2 heterocycles. The average molecular weight is 388 g/mol. The average Bonchev–Trinajstić information content (AvgIpc) is 3.00. The molecule has 0 aromatic carbocycles. The van der Waals surface area contributed by atoms with Gasteiger partial charge in [-0.3, -0.25) is 4.39 Å². The Morgan fingerprint density at radius 2 is 2.07 bits per heavy atom. The molecule has 0 aliphatic heterocycles. The third-order valence-corrected chi connectivity index (χ3v) is 3.76. The van der Waals surface area contributed by atoms with Crippen molar-refractivity contribution in [1.29, 1.82) is 0 Å². The molecule has 0 bridgehead atoms. The molecule has 0 aliphatic carbocycles. The lowest BCUT2D eigenvalue weighted by molar-refractivity contribution is -0.274. The van der Waals surface area contributed by atoms with Gasteiger partial charge in [0.05, 0.1) is 12.4 Å². The molecule has 148 valence electrons. The summed E-state index contributed by atoms with van der Waals surface area (Å²) < 4.78 is 55.5. The van der Waals surface area contributed by atoms with Crippen molar-refractivity contribution in [3.05, 3.63) is 30.9 Å². The molecule has 1 atom stereocenters. The van der Waals surface area contributed by atoms with Gasteiger partial charge >= 0.3 is 6.36 Å². The van der Waals surface area contributed by atoms with Gasteiger partial charge in [-0.15, -0.1) is 13.2 Å². The minimum absolute atomic E-state index is 0.00996. The van der Waals surface area contributed by atoms with Gasteiger partial charge in [-0.05, 0) is 12.0 Å². The van der Waals surface area contributed by atoms with Crippen LogP contribution in [0.1, 0.15) is 32.2 Å². The van der Waals surface area contributed by atoms with Crippen LogP contribution in [-0.4, -0.2) is 32.7 Å².